The molecule has 1 N–H and O–H groups in total. The molecular formula is C21H23N5O2. The van der Waals surface area contributed by atoms with E-state index in [0.29, 0.717) is 18.8 Å². The molecule has 2 aliphatic heterocycles. The van der Waals surface area contributed by atoms with Crippen molar-refractivity contribution in [1.82, 2.24) is 24.4 Å². The molecule has 0 saturated heterocycles. The SMILES string of the molecule is COC1CCn2cc(C(=O)N3CC=C(c4ccnc5[nH]ccc45)CC3)nc2C1. The van der Waals surface area contributed by atoms with Crippen LogP contribution in [0.1, 0.15) is 34.7 Å². The van der Waals surface area contributed by atoms with Crippen molar-refractivity contribution in [2.75, 3.05) is 20.2 Å². The van der Waals surface area contributed by atoms with Crippen molar-refractivity contribution >= 4 is 22.5 Å². The Labute approximate surface area is 163 Å². The van der Waals surface area contributed by atoms with Gasteiger partial charge in [0.1, 0.15) is 17.2 Å². The molecule has 7 heteroatoms. The number of amides is 1. The molecule has 0 radical (unpaired) electrons. The molecule has 7 nitrogen and oxygen atoms in total. The third-order valence-corrected chi connectivity index (χ3v) is 5.82. The Morgan fingerprint density at radius 3 is 3.07 bits per heavy atom. The van der Waals surface area contributed by atoms with Crippen molar-refractivity contribution in [3.8, 4) is 0 Å². The quantitative estimate of drug-likeness (QED) is 0.761. The fourth-order valence-electron chi connectivity index (χ4n) is 4.20. The second kappa shape index (κ2) is 6.91. The third kappa shape index (κ3) is 2.92. The number of nitrogens with one attached hydrogen (secondary N) is 1. The summed E-state index contributed by atoms with van der Waals surface area (Å²) < 4.78 is 7.54. The predicted molar refractivity (Wildman–Crippen MR) is 106 cm³/mol. The van der Waals surface area contributed by atoms with Gasteiger partial charge in [-0.3, -0.25) is 4.79 Å². The number of imidazole rings is 1. The van der Waals surface area contributed by atoms with Gasteiger partial charge in [0, 0.05) is 57.1 Å². The van der Waals surface area contributed by atoms with Crippen LogP contribution in [0.3, 0.4) is 0 Å². The van der Waals surface area contributed by atoms with E-state index in [2.05, 4.69) is 37.7 Å². The van der Waals surface area contributed by atoms with Gasteiger partial charge in [0.25, 0.3) is 5.91 Å². The normalized spacial score (nSPS) is 19.5. The van der Waals surface area contributed by atoms with E-state index in [9.17, 15) is 4.79 Å². The molecule has 5 heterocycles. The molecule has 0 fully saturated rings. The lowest BCUT2D eigenvalue weighted by molar-refractivity contribution is 0.0765. The Balaban J connectivity index is 1.33. The smallest absolute Gasteiger partial charge is 0.274 e. The first-order chi connectivity index (χ1) is 13.7. The van der Waals surface area contributed by atoms with Crippen LogP contribution in [-0.4, -0.2) is 56.6 Å². The number of hydrogen-bond acceptors (Lipinski definition) is 4. The molecule has 1 amide bonds. The molecule has 0 aliphatic carbocycles. The zero-order chi connectivity index (χ0) is 19.1. The van der Waals surface area contributed by atoms with Crippen LogP contribution in [0.25, 0.3) is 16.6 Å². The van der Waals surface area contributed by atoms with Gasteiger partial charge in [0.05, 0.1) is 6.10 Å². The molecule has 0 spiro atoms. The second-order valence-corrected chi connectivity index (χ2v) is 7.42. The van der Waals surface area contributed by atoms with Gasteiger partial charge in [-0.15, -0.1) is 0 Å². The van der Waals surface area contributed by atoms with E-state index < -0.39 is 0 Å². The minimum Gasteiger partial charge on any atom is -0.381 e. The molecule has 0 bridgehead atoms. The van der Waals surface area contributed by atoms with E-state index in [1.165, 1.54) is 11.1 Å². The molecule has 28 heavy (non-hydrogen) atoms. The molecule has 5 rings (SSSR count). The topological polar surface area (TPSA) is 76.0 Å². The summed E-state index contributed by atoms with van der Waals surface area (Å²) in [5.41, 5.74) is 3.90. The van der Waals surface area contributed by atoms with Gasteiger partial charge >= 0.3 is 0 Å². The lowest BCUT2D eigenvalue weighted by Gasteiger charge is -2.26. The lowest BCUT2D eigenvalue weighted by atomic mass is 9.98. The molecule has 1 unspecified atom stereocenters. The number of fused-ring (bicyclic) bond motifs is 2. The summed E-state index contributed by atoms with van der Waals surface area (Å²) in [6, 6.07) is 4.11. The Morgan fingerprint density at radius 1 is 1.32 bits per heavy atom. The van der Waals surface area contributed by atoms with E-state index >= 15 is 0 Å². The van der Waals surface area contributed by atoms with Crippen LogP contribution in [0.5, 0.6) is 0 Å². The van der Waals surface area contributed by atoms with Gasteiger partial charge in [-0.05, 0) is 36.1 Å². The summed E-state index contributed by atoms with van der Waals surface area (Å²) in [6.07, 6.45) is 10.5. The standard InChI is InChI=1S/C21H23N5O2/c1-28-15-6-11-26-13-18(24-19(26)12-15)21(27)25-9-4-14(5-10-25)16-2-7-22-20-17(16)3-8-23-20/h2-4,7-8,13,15H,5-6,9-12H2,1H3,(H,22,23). The first-order valence-corrected chi connectivity index (χ1v) is 9.72. The summed E-state index contributed by atoms with van der Waals surface area (Å²) in [6.45, 7) is 2.15. The van der Waals surface area contributed by atoms with Crippen molar-refractivity contribution in [3.63, 3.8) is 0 Å². The number of ether oxygens (including phenoxy) is 1. The molecule has 3 aromatic rings. The first-order valence-electron chi connectivity index (χ1n) is 9.72. The highest BCUT2D eigenvalue weighted by atomic mass is 16.5. The fourth-order valence-corrected chi connectivity index (χ4v) is 4.20. The summed E-state index contributed by atoms with van der Waals surface area (Å²) >= 11 is 0. The highest BCUT2D eigenvalue weighted by molar-refractivity contribution is 5.94. The number of carbonyl (C=O) groups excluding carboxylic acids is 1. The largest absolute Gasteiger partial charge is 0.381 e. The van der Waals surface area contributed by atoms with Gasteiger partial charge in [-0.1, -0.05) is 6.08 Å². The number of carbonyl (C=O) groups is 1. The van der Waals surface area contributed by atoms with Crippen molar-refractivity contribution in [2.24, 2.45) is 0 Å². The number of nitrogens with zero attached hydrogens (tertiary/aromatic N) is 4. The molecule has 0 saturated carbocycles. The van der Waals surface area contributed by atoms with Crippen LogP contribution in [0.4, 0.5) is 0 Å². The Bertz CT molecular complexity index is 1060. The zero-order valence-corrected chi connectivity index (χ0v) is 15.9. The van der Waals surface area contributed by atoms with Crippen LogP contribution in [-0.2, 0) is 17.7 Å². The van der Waals surface area contributed by atoms with E-state index in [4.69, 9.17) is 4.74 Å². The van der Waals surface area contributed by atoms with Gasteiger partial charge in [-0.2, -0.15) is 0 Å². The van der Waals surface area contributed by atoms with E-state index in [-0.39, 0.29) is 12.0 Å². The average molecular weight is 377 g/mol. The van der Waals surface area contributed by atoms with E-state index in [1.54, 1.807) is 7.11 Å². The minimum absolute atomic E-state index is 0.00712. The molecule has 1 atom stereocenters. The number of aryl methyl sites for hydroxylation is 1. The zero-order valence-electron chi connectivity index (χ0n) is 15.9. The number of rotatable bonds is 3. The van der Waals surface area contributed by atoms with Crippen molar-refractivity contribution in [3.05, 3.63) is 53.9 Å². The number of aromatic nitrogens is 4. The van der Waals surface area contributed by atoms with Crippen molar-refractivity contribution in [2.45, 2.75) is 31.9 Å². The first kappa shape index (κ1) is 17.2. The van der Waals surface area contributed by atoms with Gasteiger partial charge in [-0.25, -0.2) is 9.97 Å². The predicted octanol–water partition coefficient (Wildman–Crippen LogP) is 2.65. The summed E-state index contributed by atoms with van der Waals surface area (Å²) in [7, 11) is 1.73. The maximum absolute atomic E-state index is 13.0. The van der Waals surface area contributed by atoms with Crippen LogP contribution in [0.15, 0.2) is 36.8 Å². The number of H-pyrrole nitrogens is 1. The average Bonchev–Trinajstić information content (AvgIpc) is 3.39. The minimum atomic E-state index is 0.00712. The van der Waals surface area contributed by atoms with Crippen LogP contribution in [0, 0.1) is 0 Å². The summed E-state index contributed by atoms with van der Waals surface area (Å²) in [4.78, 5) is 26.9. The maximum atomic E-state index is 13.0. The van der Waals surface area contributed by atoms with Gasteiger partial charge < -0.3 is 19.2 Å². The number of methoxy groups -OCH3 is 1. The third-order valence-electron chi connectivity index (χ3n) is 5.82. The van der Waals surface area contributed by atoms with Crippen molar-refractivity contribution in [1.29, 1.82) is 0 Å². The van der Waals surface area contributed by atoms with Crippen molar-refractivity contribution < 1.29 is 9.53 Å². The second-order valence-electron chi connectivity index (χ2n) is 7.42. The summed E-state index contributed by atoms with van der Waals surface area (Å²) in [5.74, 6) is 0.953. The van der Waals surface area contributed by atoms with Crippen LogP contribution < -0.4 is 0 Å². The van der Waals surface area contributed by atoms with Crippen LogP contribution in [0.2, 0.25) is 0 Å². The molecule has 2 aliphatic rings. The fraction of sp³-hybridized carbons (Fsp3) is 0.381. The Kier molecular flexibility index (Phi) is 4.24. The van der Waals surface area contributed by atoms with Crippen LogP contribution >= 0.6 is 0 Å². The number of aromatic amines is 1. The molecule has 3 aromatic heterocycles. The maximum Gasteiger partial charge on any atom is 0.274 e. The molecule has 144 valence electrons. The lowest BCUT2D eigenvalue weighted by Crippen LogP contribution is -2.34. The number of pyridine rings is 1. The Morgan fingerprint density at radius 2 is 2.25 bits per heavy atom. The molecular weight excluding hydrogens is 354 g/mol. The van der Waals surface area contributed by atoms with Gasteiger partial charge in [0.15, 0.2) is 0 Å². The summed E-state index contributed by atoms with van der Waals surface area (Å²) in [5, 5.41) is 1.13. The van der Waals surface area contributed by atoms with E-state index in [1.807, 2.05) is 23.5 Å². The van der Waals surface area contributed by atoms with E-state index in [0.717, 1.165) is 42.7 Å². The highest BCUT2D eigenvalue weighted by Crippen LogP contribution is 2.28. The molecule has 0 aromatic carbocycles. The van der Waals surface area contributed by atoms with Gasteiger partial charge in [0.2, 0.25) is 0 Å². The highest BCUT2D eigenvalue weighted by Gasteiger charge is 2.26. The monoisotopic (exact) mass is 377 g/mol. The Hall–Kier alpha value is -2.93. The number of hydrogen-bond donors (Lipinski definition) is 1.